The van der Waals surface area contributed by atoms with Crippen molar-refractivity contribution in [1.29, 1.82) is 0 Å². The molecule has 2 aromatic heterocycles. The molecule has 0 bridgehead atoms. The van der Waals surface area contributed by atoms with Crippen molar-refractivity contribution in [2.45, 2.75) is 13.8 Å². The molecule has 2 heterocycles. The van der Waals surface area contributed by atoms with E-state index in [1.54, 1.807) is 16.0 Å². The van der Waals surface area contributed by atoms with Gasteiger partial charge in [0.05, 0.1) is 5.56 Å². The fourth-order valence-corrected chi connectivity index (χ4v) is 3.25. The van der Waals surface area contributed by atoms with E-state index >= 15 is 0 Å². The Morgan fingerprint density at radius 1 is 1.20 bits per heavy atom. The minimum absolute atomic E-state index is 0.711. The van der Waals surface area contributed by atoms with Gasteiger partial charge in [0.2, 0.25) is 0 Å². The number of nitrogen functional groups attached to an aromatic ring is 1. The molecule has 0 spiro atoms. The molecule has 3 aromatic rings. The van der Waals surface area contributed by atoms with Crippen LogP contribution in [0.15, 0.2) is 35.7 Å². The average Bonchev–Trinajstić information content (AvgIpc) is 2.99. The van der Waals surface area contributed by atoms with Crippen molar-refractivity contribution in [3.63, 3.8) is 0 Å². The number of hydrogen-bond acceptors (Lipinski definition) is 3. The first kappa shape index (κ1) is 12.9. The van der Waals surface area contributed by atoms with Gasteiger partial charge in [-0.2, -0.15) is 5.10 Å². The zero-order chi connectivity index (χ0) is 14.3. The van der Waals surface area contributed by atoms with Crippen LogP contribution in [0.1, 0.15) is 11.1 Å². The second-order valence-electron chi connectivity index (χ2n) is 5.03. The van der Waals surface area contributed by atoms with Gasteiger partial charge in [-0.1, -0.05) is 29.8 Å². The minimum Gasteiger partial charge on any atom is -0.383 e. The zero-order valence-corrected chi connectivity index (χ0v) is 12.7. The molecule has 0 amide bonds. The third-order valence-corrected chi connectivity index (χ3v) is 4.38. The van der Waals surface area contributed by atoms with E-state index in [2.05, 4.69) is 48.6 Å². The van der Waals surface area contributed by atoms with Crippen LogP contribution in [0.4, 0.5) is 5.82 Å². The Balaban J connectivity index is 2.27. The van der Waals surface area contributed by atoms with Gasteiger partial charge in [-0.3, -0.25) is 4.68 Å². The number of aromatic nitrogens is 2. The molecule has 3 rings (SSSR count). The molecule has 102 valence electrons. The number of rotatable bonds is 2. The molecule has 3 nitrogen and oxygen atoms in total. The van der Waals surface area contributed by atoms with Gasteiger partial charge in [0.25, 0.3) is 0 Å². The van der Waals surface area contributed by atoms with Gasteiger partial charge in [0.1, 0.15) is 11.5 Å². The SMILES string of the molecule is Cc1ccc(-c2nn(C)c(N)c2-c2cccs2)c(C)c1. The molecule has 0 aliphatic heterocycles. The van der Waals surface area contributed by atoms with Crippen LogP contribution in [-0.4, -0.2) is 9.78 Å². The predicted molar refractivity (Wildman–Crippen MR) is 85.8 cm³/mol. The van der Waals surface area contributed by atoms with Crippen LogP contribution in [0.2, 0.25) is 0 Å². The number of hydrogen-bond donors (Lipinski definition) is 1. The summed E-state index contributed by atoms with van der Waals surface area (Å²) in [6, 6.07) is 10.6. The molecule has 4 heteroatoms. The Bertz CT molecular complexity index is 754. The quantitative estimate of drug-likeness (QED) is 0.772. The third kappa shape index (κ3) is 2.02. The Hall–Kier alpha value is -2.07. The van der Waals surface area contributed by atoms with Crippen molar-refractivity contribution in [2.24, 2.45) is 7.05 Å². The summed E-state index contributed by atoms with van der Waals surface area (Å²) in [6.07, 6.45) is 0. The summed E-state index contributed by atoms with van der Waals surface area (Å²) in [6.45, 7) is 4.22. The molecular formula is C16H17N3S. The average molecular weight is 283 g/mol. The normalized spacial score (nSPS) is 10.9. The van der Waals surface area contributed by atoms with Crippen molar-refractivity contribution in [3.05, 3.63) is 46.8 Å². The van der Waals surface area contributed by atoms with Crippen LogP contribution in [-0.2, 0) is 7.05 Å². The summed E-state index contributed by atoms with van der Waals surface area (Å²) in [5.74, 6) is 0.711. The predicted octanol–water partition coefficient (Wildman–Crippen LogP) is 4.01. The fourth-order valence-electron chi connectivity index (χ4n) is 2.47. The highest BCUT2D eigenvalue weighted by molar-refractivity contribution is 7.13. The standard InChI is InChI=1S/C16H17N3S/c1-10-6-7-12(11(2)9-10)15-14(13-5-4-8-20-13)16(17)19(3)18-15/h4-9H,17H2,1-3H3. The lowest BCUT2D eigenvalue weighted by atomic mass is 10.00. The van der Waals surface area contributed by atoms with Crippen LogP contribution in [0.25, 0.3) is 21.7 Å². The van der Waals surface area contributed by atoms with Gasteiger partial charge in [-0.15, -0.1) is 11.3 Å². The largest absolute Gasteiger partial charge is 0.383 e. The molecule has 0 saturated heterocycles. The number of benzene rings is 1. The van der Waals surface area contributed by atoms with Crippen molar-refractivity contribution >= 4 is 17.2 Å². The number of anilines is 1. The van der Waals surface area contributed by atoms with Crippen molar-refractivity contribution in [2.75, 3.05) is 5.73 Å². The van der Waals surface area contributed by atoms with Gasteiger partial charge in [-0.05, 0) is 30.9 Å². The molecule has 2 N–H and O–H groups in total. The van der Waals surface area contributed by atoms with Crippen molar-refractivity contribution in [3.8, 4) is 21.7 Å². The minimum atomic E-state index is 0.711. The van der Waals surface area contributed by atoms with Crippen LogP contribution in [0.5, 0.6) is 0 Å². The van der Waals surface area contributed by atoms with E-state index in [0.29, 0.717) is 5.82 Å². The molecule has 0 saturated carbocycles. The Labute approximate surface area is 122 Å². The highest BCUT2D eigenvalue weighted by atomic mass is 32.1. The molecule has 0 unspecified atom stereocenters. The second-order valence-corrected chi connectivity index (χ2v) is 5.98. The van der Waals surface area contributed by atoms with Crippen LogP contribution in [0, 0.1) is 13.8 Å². The summed E-state index contributed by atoms with van der Waals surface area (Å²) in [4.78, 5) is 1.16. The Morgan fingerprint density at radius 2 is 2.00 bits per heavy atom. The number of aryl methyl sites for hydroxylation is 3. The summed E-state index contributed by atoms with van der Waals surface area (Å²) in [5.41, 5.74) is 11.8. The maximum atomic E-state index is 6.22. The highest BCUT2D eigenvalue weighted by Crippen LogP contribution is 2.39. The lowest BCUT2D eigenvalue weighted by Crippen LogP contribution is -1.97. The molecule has 0 fully saturated rings. The zero-order valence-electron chi connectivity index (χ0n) is 11.8. The maximum Gasteiger partial charge on any atom is 0.130 e. The third-order valence-electron chi connectivity index (χ3n) is 3.50. The molecule has 1 aromatic carbocycles. The monoisotopic (exact) mass is 283 g/mol. The summed E-state index contributed by atoms with van der Waals surface area (Å²) < 4.78 is 1.75. The molecular weight excluding hydrogens is 266 g/mol. The van der Waals surface area contributed by atoms with Gasteiger partial charge in [-0.25, -0.2) is 0 Å². The number of nitrogens with two attached hydrogens (primary N) is 1. The van der Waals surface area contributed by atoms with E-state index in [1.807, 2.05) is 13.1 Å². The van der Waals surface area contributed by atoms with Crippen molar-refractivity contribution < 1.29 is 0 Å². The van der Waals surface area contributed by atoms with E-state index in [9.17, 15) is 0 Å². The van der Waals surface area contributed by atoms with E-state index in [1.165, 1.54) is 11.1 Å². The lowest BCUT2D eigenvalue weighted by Gasteiger charge is -2.06. The first-order valence-electron chi connectivity index (χ1n) is 6.52. The molecule has 0 aliphatic rings. The van der Waals surface area contributed by atoms with Crippen LogP contribution in [0.3, 0.4) is 0 Å². The smallest absolute Gasteiger partial charge is 0.130 e. The van der Waals surface area contributed by atoms with Gasteiger partial charge < -0.3 is 5.73 Å². The molecule has 0 atom stereocenters. The summed E-state index contributed by atoms with van der Waals surface area (Å²) in [7, 11) is 1.89. The number of nitrogens with zero attached hydrogens (tertiary/aromatic N) is 2. The summed E-state index contributed by atoms with van der Waals surface area (Å²) in [5, 5.41) is 6.69. The highest BCUT2D eigenvalue weighted by Gasteiger charge is 2.19. The van der Waals surface area contributed by atoms with Crippen LogP contribution < -0.4 is 5.73 Å². The molecule has 20 heavy (non-hydrogen) atoms. The fraction of sp³-hybridized carbons (Fsp3) is 0.188. The van der Waals surface area contributed by atoms with E-state index in [-0.39, 0.29) is 0 Å². The first-order valence-corrected chi connectivity index (χ1v) is 7.40. The van der Waals surface area contributed by atoms with Gasteiger partial charge in [0.15, 0.2) is 0 Å². The van der Waals surface area contributed by atoms with E-state index in [0.717, 1.165) is 21.7 Å². The first-order chi connectivity index (χ1) is 9.58. The molecule has 0 radical (unpaired) electrons. The molecule has 0 aliphatic carbocycles. The maximum absolute atomic E-state index is 6.22. The Kier molecular flexibility index (Phi) is 3.10. The van der Waals surface area contributed by atoms with Crippen LogP contribution >= 0.6 is 11.3 Å². The number of thiophene rings is 1. The second kappa shape index (κ2) is 4.80. The summed E-state index contributed by atoms with van der Waals surface area (Å²) >= 11 is 1.69. The topological polar surface area (TPSA) is 43.8 Å². The Morgan fingerprint density at radius 3 is 2.65 bits per heavy atom. The van der Waals surface area contributed by atoms with E-state index < -0.39 is 0 Å². The van der Waals surface area contributed by atoms with Crippen molar-refractivity contribution in [1.82, 2.24) is 9.78 Å². The van der Waals surface area contributed by atoms with E-state index in [4.69, 9.17) is 5.73 Å². The van der Waals surface area contributed by atoms with Gasteiger partial charge >= 0.3 is 0 Å². The lowest BCUT2D eigenvalue weighted by molar-refractivity contribution is 0.782. The van der Waals surface area contributed by atoms with Gasteiger partial charge in [0, 0.05) is 17.5 Å².